The number of alkyl halides is 3. The molecule has 0 amide bonds. The van der Waals surface area contributed by atoms with Gasteiger partial charge in [-0.05, 0) is 39.3 Å². The average molecular weight is 239 g/mol. The van der Waals surface area contributed by atoms with Crippen LogP contribution in [-0.4, -0.2) is 41.4 Å². The number of aliphatic hydroxyl groups is 1. The molecule has 2 nitrogen and oxygen atoms in total. The molecule has 5 heteroatoms. The number of nitrogens with zero attached hydrogens (tertiary/aromatic N) is 1. The predicted molar refractivity (Wildman–Crippen MR) is 56.1 cm³/mol. The van der Waals surface area contributed by atoms with Gasteiger partial charge in [-0.25, -0.2) is 0 Å². The van der Waals surface area contributed by atoms with Gasteiger partial charge in [0.1, 0.15) is 0 Å². The van der Waals surface area contributed by atoms with Crippen LogP contribution < -0.4 is 0 Å². The van der Waals surface area contributed by atoms with E-state index in [0.29, 0.717) is 26.1 Å². The fraction of sp³-hybridized carbons (Fsp3) is 1.00. The van der Waals surface area contributed by atoms with E-state index in [0.717, 1.165) is 0 Å². The summed E-state index contributed by atoms with van der Waals surface area (Å²) in [5.41, 5.74) is -0.787. The van der Waals surface area contributed by atoms with Crippen LogP contribution in [0.25, 0.3) is 0 Å². The Labute approximate surface area is 94.4 Å². The molecular weight excluding hydrogens is 219 g/mol. The van der Waals surface area contributed by atoms with Crippen molar-refractivity contribution in [3.05, 3.63) is 0 Å². The molecule has 1 aliphatic heterocycles. The lowest BCUT2D eigenvalue weighted by atomic mass is 9.94. The monoisotopic (exact) mass is 239 g/mol. The molecule has 1 N–H and O–H groups in total. The lowest BCUT2D eigenvalue weighted by molar-refractivity contribution is -0.186. The van der Waals surface area contributed by atoms with Crippen LogP contribution in [0.4, 0.5) is 13.2 Å². The first kappa shape index (κ1) is 13.8. The molecule has 1 saturated heterocycles. The molecule has 0 aromatic heterocycles. The van der Waals surface area contributed by atoms with E-state index < -0.39 is 17.7 Å². The maximum absolute atomic E-state index is 12.4. The lowest BCUT2D eigenvalue weighted by Gasteiger charge is -2.36. The number of halogens is 3. The van der Waals surface area contributed by atoms with Gasteiger partial charge in [-0.2, -0.15) is 13.2 Å². The second kappa shape index (κ2) is 4.92. The van der Waals surface area contributed by atoms with Gasteiger partial charge in [0.25, 0.3) is 0 Å². The van der Waals surface area contributed by atoms with Crippen LogP contribution in [-0.2, 0) is 0 Å². The third-order valence-electron chi connectivity index (χ3n) is 3.38. The van der Waals surface area contributed by atoms with Gasteiger partial charge in [-0.3, -0.25) is 0 Å². The quantitative estimate of drug-likeness (QED) is 0.817. The molecule has 1 heterocycles. The number of hydrogen-bond donors (Lipinski definition) is 1. The summed E-state index contributed by atoms with van der Waals surface area (Å²) in [5.74, 6) is -1.16. The van der Waals surface area contributed by atoms with Crippen LogP contribution in [0.3, 0.4) is 0 Å². The van der Waals surface area contributed by atoms with E-state index in [4.69, 9.17) is 0 Å². The number of piperidine rings is 1. The topological polar surface area (TPSA) is 23.5 Å². The van der Waals surface area contributed by atoms with Gasteiger partial charge in [0, 0.05) is 6.54 Å². The second-order valence-electron chi connectivity index (χ2n) is 4.94. The standard InChI is InChI=1S/C11H20F3NO/c1-3-10(2,16)8-15-6-4-9(5-7-15)11(12,13)14/h9,16H,3-8H2,1-2H3. The summed E-state index contributed by atoms with van der Waals surface area (Å²) >= 11 is 0. The molecule has 0 saturated carbocycles. The minimum Gasteiger partial charge on any atom is -0.389 e. The molecule has 0 aromatic carbocycles. The minimum atomic E-state index is -4.06. The fourth-order valence-corrected chi connectivity index (χ4v) is 2.01. The molecule has 1 aliphatic rings. The van der Waals surface area contributed by atoms with Crippen molar-refractivity contribution in [2.24, 2.45) is 5.92 Å². The average Bonchev–Trinajstić information content (AvgIpc) is 2.16. The van der Waals surface area contributed by atoms with Crippen molar-refractivity contribution in [1.29, 1.82) is 0 Å². The Morgan fingerprint density at radius 1 is 1.25 bits per heavy atom. The van der Waals surface area contributed by atoms with E-state index >= 15 is 0 Å². The number of β-amino-alcohol motifs (C(OH)–C–C–N with tert-alkyl or cyclic N) is 1. The van der Waals surface area contributed by atoms with Crippen LogP contribution in [0.15, 0.2) is 0 Å². The van der Waals surface area contributed by atoms with E-state index in [2.05, 4.69) is 0 Å². The van der Waals surface area contributed by atoms with Crippen molar-refractivity contribution in [3.63, 3.8) is 0 Å². The van der Waals surface area contributed by atoms with Gasteiger partial charge in [-0.1, -0.05) is 6.92 Å². The Hall–Kier alpha value is -0.290. The molecule has 1 fully saturated rings. The smallest absolute Gasteiger partial charge is 0.389 e. The van der Waals surface area contributed by atoms with Crippen LogP contribution in [0.5, 0.6) is 0 Å². The van der Waals surface area contributed by atoms with Gasteiger partial charge >= 0.3 is 6.18 Å². The zero-order valence-corrected chi connectivity index (χ0v) is 9.85. The van der Waals surface area contributed by atoms with Crippen molar-refractivity contribution in [3.8, 4) is 0 Å². The highest BCUT2D eigenvalue weighted by Gasteiger charge is 2.41. The Morgan fingerprint density at radius 3 is 2.12 bits per heavy atom. The normalized spacial score (nSPS) is 24.4. The van der Waals surface area contributed by atoms with Gasteiger partial charge in [0.05, 0.1) is 11.5 Å². The summed E-state index contributed by atoms with van der Waals surface area (Å²) in [6, 6.07) is 0. The number of hydrogen-bond acceptors (Lipinski definition) is 2. The first-order chi connectivity index (χ1) is 7.24. The molecule has 16 heavy (non-hydrogen) atoms. The molecule has 0 spiro atoms. The summed E-state index contributed by atoms with van der Waals surface area (Å²) in [4.78, 5) is 1.92. The summed E-state index contributed by atoms with van der Waals surface area (Å²) in [5, 5.41) is 9.84. The van der Waals surface area contributed by atoms with Gasteiger partial charge in [0.2, 0.25) is 0 Å². The lowest BCUT2D eigenvalue weighted by Crippen LogP contribution is -2.46. The molecule has 0 aromatic rings. The molecule has 1 atom stereocenters. The van der Waals surface area contributed by atoms with Gasteiger partial charge in [0.15, 0.2) is 0 Å². The van der Waals surface area contributed by atoms with E-state index in [9.17, 15) is 18.3 Å². The second-order valence-corrected chi connectivity index (χ2v) is 4.94. The minimum absolute atomic E-state index is 0.156. The molecule has 1 rings (SSSR count). The van der Waals surface area contributed by atoms with Crippen molar-refractivity contribution in [2.75, 3.05) is 19.6 Å². The third kappa shape index (κ3) is 3.94. The van der Waals surface area contributed by atoms with E-state index in [1.54, 1.807) is 6.92 Å². The highest BCUT2D eigenvalue weighted by atomic mass is 19.4. The molecule has 0 aliphatic carbocycles. The van der Waals surface area contributed by atoms with Crippen LogP contribution in [0.1, 0.15) is 33.1 Å². The highest BCUT2D eigenvalue weighted by Crippen LogP contribution is 2.34. The first-order valence-corrected chi connectivity index (χ1v) is 5.76. The zero-order valence-electron chi connectivity index (χ0n) is 9.85. The highest BCUT2D eigenvalue weighted by molar-refractivity contribution is 4.82. The van der Waals surface area contributed by atoms with Gasteiger partial charge < -0.3 is 10.0 Å². The Balaban J connectivity index is 2.38. The SMILES string of the molecule is CCC(C)(O)CN1CCC(C(F)(F)F)CC1. The maximum atomic E-state index is 12.4. The first-order valence-electron chi connectivity index (χ1n) is 5.76. The zero-order chi connectivity index (χ0) is 12.4. The number of likely N-dealkylation sites (tertiary alicyclic amines) is 1. The van der Waals surface area contributed by atoms with E-state index in [-0.39, 0.29) is 12.8 Å². The molecule has 1 unspecified atom stereocenters. The maximum Gasteiger partial charge on any atom is 0.391 e. The Kier molecular flexibility index (Phi) is 4.23. The summed E-state index contributed by atoms with van der Waals surface area (Å²) < 4.78 is 37.2. The largest absolute Gasteiger partial charge is 0.391 e. The Bertz CT molecular complexity index is 220. The fourth-order valence-electron chi connectivity index (χ4n) is 2.01. The predicted octanol–water partition coefficient (Wildman–Crippen LogP) is 2.42. The molecule has 0 bridgehead atoms. The van der Waals surface area contributed by atoms with Crippen molar-refractivity contribution >= 4 is 0 Å². The summed E-state index contributed by atoms with van der Waals surface area (Å²) in [7, 11) is 0. The van der Waals surface area contributed by atoms with Crippen molar-refractivity contribution in [2.45, 2.75) is 44.9 Å². The summed E-state index contributed by atoms with van der Waals surface area (Å²) in [6.45, 7) is 4.93. The molecular formula is C11H20F3NO. The van der Waals surface area contributed by atoms with Crippen molar-refractivity contribution in [1.82, 2.24) is 4.90 Å². The molecule has 96 valence electrons. The molecule has 0 radical (unpaired) electrons. The van der Waals surface area contributed by atoms with Crippen LogP contribution in [0, 0.1) is 5.92 Å². The number of rotatable bonds is 3. The van der Waals surface area contributed by atoms with E-state index in [1.807, 2.05) is 11.8 Å². The van der Waals surface area contributed by atoms with Crippen LogP contribution in [0.2, 0.25) is 0 Å². The van der Waals surface area contributed by atoms with Crippen molar-refractivity contribution < 1.29 is 18.3 Å². The van der Waals surface area contributed by atoms with E-state index in [1.165, 1.54) is 0 Å². The summed E-state index contributed by atoms with van der Waals surface area (Å²) in [6.07, 6.45) is -3.13. The third-order valence-corrected chi connectivity index (χ3v) is 3.38. The van der Waals surface area contributed by atoms with Crippen LogP contribution >= 0.6 is 0 Å². The Morgan fingerprint density at radius 2 is 1.75 bits per heavy atom. The van der Waals surface area contributed by atoms with Gasteiger partial charge in [-0.15, -0.1) is 0 Å².